The van der Waals surface area contributed by atoms with E-state index < -0.39 is 42.4 Å². The van der Waals surface area contributed by atoms with Crippen LogP contribution in [0.15, 0.2) is 0 Å². The lowest BCUT2D eigenvalue weighted by Gasteiger charge is -2.24. The minimum atomic E-state index is -1.54. The fourth-order valence-electron chi connectivity index (χ4n) is 1.91. The predicted octanol–water partition coefficient (Wildman–Crippen LogP) is -1.43. The van der Waals surface area contributed by atoms with E-state index in [1.165, 1.54) is 0 Å². The summed E-state index contributed by atoms with van der Waals surface area (Å²) in [6, 6.07) is -3.12. The first-order valence-electron chi connectivity index (χ1n) is 5.64. The molecule has 0 bridgehead atoms. The van der Waals surface area contributed by atoms with Crippen molar-refractivity contribution >= 4 is 23.9 Å². The van der Waals surface area contributed by atoms with E-state index in [0.29, 0.717) is 12.8 Å². The summed E-state index contributed by atoms with van der Waals surface area (Å²) in [6.45, 7) is 0.277. The maximum absolute atomic E-state index is 11.8. The van der Waals surface area contributed by atoms with E-state index in [4.69, 9.17) is 15.9 Å². The van der Waals surface area contributed by atoms with Gasteiger partial charge < -0.3 is 26.2 Å². The molecule has 9 heteroatoms. The number of primary amides is 1. The number of nitrogens with one attached hydrogen (secondary N) is 1. The Morgan fingerprint density at radius 2 is 1.95 bits per heavy atom. The van der Waals surface area contributed by atoms with Crippen molar-refractivity contribution in [1.82, 2.24) is 10.2 Å². The van der Waals surface area contributed by atoms with Crippen LogP contribution in [0.25, 0.3) is 0 Å². The fraction of sp³-hybridized carbons (Fsp3) is 0.600. The van der Waals surface area contributed by atoms with Crippen LogP contribution in [0.3, 0.4) is 0 Å². The molecule has 1 rings (SSSR count). The van der Waals surface area contributed by atoms with Gasteiger partial charge in [-0.2, -0.15) is 0 Å². The number of urea groups is 1. The van der Waals surface area contributed by atoms with Crippen LogP contribution in [0.4, 0.5) is 4.79 Å². The molecular weight excluding hydrogens is 258 g/mol. The molecule has 1 saturated heterocycles. The fourth-order valence-corrected chi connectivity index (χ4v) is 1.91. The van der Waals surface area contributed by atoms with Crippen LogP contribution in [0.2, 0.25) is 0 Å². The first kappa shape index (κ1) is 14.7. The normalized spacial score (nSPS) is 19.8. The standard InChI is InChI=1S/C10H15N3O6/c11-8(16)6-2-1-3-13(6)10(19)12-5(9(17)18)4-7(14)15/h5-6H,1-4H2,(H2,11,16)(H,12,19)(H,14,15)(H,17,18). The van der Waals surface area contributed by atoms with Crippen LogP contribution < -0.4 is 11.1 Å². The Hall–Kier alpha value is -2.32. The van der Waals surface area contributed by atoms with E-state index in [1.807, 2.05) is 0 Å². The van der Waals surface area contributed by atoms with E-state index in [0.717, 1.165) is 4.90 Å². The van der Waals surface area contributed by atoms with Gasteiger partial charge in [0.15, 0.2) is 0 Å². The van der Waals surface area contributed by atoms with Crippen molar-refractivity contribution in [2.24, 2.45) is 5.73 Å². The molecule has 1 aliphatic heterocycles. The molecule has 1 fully saturated rings. The zero-order valence-corrected chi connectivity index (χ0v) is 10.0. The van der Waals surface area contributed by atoms with Gasteiger partial charge in [-0.05, 0) is 12.8 Å². The molecule has 0 aliphatic carbocycles. The molecule has 106 valence electrons. The molecule has 3 amide bonds. The van der Waals surface area contributed by atoms with E-state index in [2.05, 4.69) is 5.32 Å². The second-order valence-corrected chi connectivity index (χ2v) is 4.19. The van der Waals surface area contributed by atoms with E-state index in [9.17, 15) is 19.2 Å². The van der Waals surface area contributed by atoms with Gasteiger partial charge in [0.25, 0.3) is 0 Å². The van der Waals surface area contributed by atoms with Crippen LogP contribution in [0.5, 0.6) is 0 Å². The molecule has 0 aromatic rings. The van der Waals surface area contributed by atoms with Gasteiger partial charge in [-0.3, -0.25) is 9.59 Å². The van der Waals surface area contributed by atoms with E-state index in [-0.39, 0.29) is 6.54 Å². The molecule has 0 radical (unpaired) electrons. The number of nitrogens with zero attached hydrogens (tertiary/aromatic N) is 1. The van der Waals surface area contributed by atoms with Gasteiger partial charge in [0.1, 0.15) is 12.1 Å². The van der Waals surface area contributed by atoms with Crippen molar-refractivity contribution in [3.05, 3.63) is 0 Å². The molecule has 0 aromatic carbocycles. The smallest absolute Gasteiger partial charge is 0.326 e. The Bertz CT molecular complexity index is 410. The van der Waals surface area contributed by atoms with Gasteiger partial charge in [-0.25, -0.2) is 9.59 Å². The Balaban J connectivity index is 2.68. The predicted molar refractivity (Wildman–Crippen MR) is 61.1 cm³/mol. The molecule has 1 heterocycles. The van der Waals surface area contributed by atoms with Crippen LogP contribution in [0, 0.1) is 0 Å². The number of carboxylic acid groups (broad SMARTS) is 2. The number of carboxylic acids is 2. The molecule has 9 nitrogen and oxygen atoms in total. The summed E-state index contributed by atoms with van der Waals surface area (Å²) in [4.78, 5) is 45.3. The molecule has 19 heavy (non-hydrogen) atoms. The second kappa shape index (κ2) is 6.03. The summed E-state index contributed by atoms with van der Waals surface area (Å²) in [7, 11) is 0. The highest BCUT2D eigenvalue weighted by Crippen LogP contribution is 2.16. The van der Waals surface area contributed by atoms with E-state index >= 15 is 0 Å². The molecular formula is C10H15N3O6. The van der Waals surface area contributed by atoms with Crippen molar-refractivity contribution in [3.63, 3.8) is 0 Å². The molecule has 5 N–H and O–H groups in total. The van der Waals surface area contributed by atoms with Crippen molar-refractivity contribution in [1.29, 1.82) is 0 Å². The first-order chi connectivity index (χ1) is 8.82. The largest absolute Gasteiger partial charge is 0.481 e. The summed E-state index contributed by atoms with van der Waals surface area (Å²) in [6.07, 6.45) is 0.257. The molecule has 2 atom stereocenters. The summed E-state index contributed by atoms with van der Waals surface area (Å²) in [5.41, 5.74) is 5.13. The second-order valence-electron chi connectivity index (χ2n) is 4.19. The van der Waals surface area contributed by atoms with Gasteiger partial charge in [0, 0.05) is 6.54 Å². The number of aliphatic carboxylic acids is 2. The highest BCUT2D eigenvalue weighted by atomic mass is 16.4. The lowest BCUT2D eigenvalue weighted by Crippen LogP contribution is -2.52. The summed E-state index contributed by atoms with van der Waals surface area (Å²) in [5, 5.41) is 19.4. The summed E-state index contributed by atoms with van der Waals surface area (Å²) >= 11 is 0. The number of rotatable bonds is 5. The molecule has 0 aromatic heterocycles. The number of amides is 3. The Morgan fingerprint density at radius 3 is 2.42 bits per heavy atom. The molecule has 0 saturated carbocycles. The van der Waals surface area contributed by atoms with Crippen LogP contribution in [-0.4, -0.2) is 57.6 Å². The van der Waals surface area contributed by atoms with Crippen molar-refractivity contribution in [2.75, 3.05) is 6.54 Å². The number of hydrogen-bond acceptors (Lipinski definition) is 4. The number of nitrogens with two attached hydrogens (primary N) is 1. The number of carbonyl (C=O) groups is 4. The zero-order chi connectivity index (χ0) is 14.6. The Kier molecular flexibility index (Phi) is 4.67. The average Bonchev–Trinajstić information content (AvgIpc) is 2.76. The third-order valence-electron chi connectivity index (χ3n) is 2.82. The van der Waals surface area contributed by atoms with Crippen molar-refractivity contribution in [2.45, 2.75) is 31.3 Å². The van der Waals surface area contributed by atoms with Gasteiger partial charge >= 0.3 is 18.0 Å². The van der Waals surface area contributed by atoms with E-state index in [1.54, 1.807) is 0 Å². The molecule has 0 spiro atoms. The van der Waals surface area contributed by atoms with Crippen LogP contribution in [-0.2, 0) is 14.4 Å². The summed E-state index contributed by atoms with van der Waals surface area (Å²) in [5.74, 6) is -3.47. The molecule has 1 aliphatic rings. The highest BCUT2D eigenvalue weighted by molar-refractivity contribution is 5.89. The number of carbonyl (C=O) groups excluding carboxylic acids is 2. The minimum absolute atomic E-state index is 0.277. The monoisotopic (exact) mass is 273 g/mol. The van der Waals surface area contributed by atoms with Crippen molar-refractivity contribution in [3.8, 4) is 0 Å². The quantitative estimate of drug-likeness (QED) is 0.482. The number of likely N-dealkylation sites (tertiary alicyclic amines) is 1. The van der Waals surface area contributed by atoms with Gasteiger partial charge in [-0.1, -0.05) is 0 Å². The number of hydrogen-bond donors (Lipinski definition) is 4. The third kappa shape index (κ3) is 3.83. The highest BCUT2D eigenvalue weighted by Gasteiger charge is 2.34. The maximum Gasteiger partial charge on any atom is 0.326 e. The van der Waals surface area contributed by atoms with Gasteiger partial charge in [-0.15, -0.1) is 0 Å². The Labute approximate surface area is 108 Å². The van der Waals surface area contributed by atoms with Gasteiger partial charge in [0.2, 0.25) is 5.91 Å². The van der Waals surface area contributed by atoms with Gasteiger partial charge in [0.05, 0.1) is 6.42 Å². The Morgan fingerprint density at radius 1 is 1.32 bits per heavy atom. The van der Waals surface area contributed by atoms with Crippen LogP contribution in [0.1, 0.15) is 19.3 Å². The lowest BCUT2D eigenvalue weighted by molar-refractivity contribution is -0.145. The third-order valence-corrected chi connectivity index (χ3v) is 2.82. The lowest BCUT2D eigenvalue weighted by atomic mass is 10.2. The minimum Gasteiger partial charge on any atom is -0.481 e. The van der Waals surface area contributed by atoms with Crippen LogP contribution >= 0.6 is 0 Å². The average molecular weight is 273 g/mol. The SMILES string of the molecule is NC(=O)C1CCCN1C(=O)NC(CC(=O)O)C(=O)O. The maximum atomic E-state index is 11.8. The first-order valence-corrected chi connectivity index (χ1v) is 5.64. The summed E-state index contributed by atoms with van der Waals surface area (Å²) < 4.78 is 0. The topological polar surface area (TPSA) is 150 Å². The van der Waals surface area contributed by atoms with Crippen molar-refractivity contribution < 1.29 is 29.4 Å². The molecule has 2 unspecified atom stereocenters. The zero-order valence-electron chi connectivity index (χ0n) is 10.0.